The van der Waals surface area contributed by atoms with Gasteiger partial charge in [0.05, 0.1) is 10.4 Å². The van der Waals surface area contributed by atoms with Crippen LogP contribution in [0.5, 0.6) is 0 Å². The number of fused-ring (bicyclic) bond motifs is 1. The number of rotatable bonds is 6. The Morgan fingerprint density at radius 3 is 2.50 bits per heavy atom. The van der Waals surface area contributed by atoms with E-state index in [0.717, 1.165) is 16.6 Å². The highest BCUT2D eigenvalue weighted by molar-refractivity contribution is 7.92. The van der Waals surface area contributed by atoms with Crippen LogP contribution < -0.4 is 9.62 Å². The van der Waals surface area contributed by atoms with Gasteiger partial charge >= 0.3 is 0 Å². The number of amides is 1. The molecular weight excluding hydrogens is 500 g/mol. The van der Waals surface area contributed by atoms with Crippen molar-refractivity contribution in [2.45, 2.75) is 17.9 Å². The third-order valence-electron chi connectivity index (χ3n) is 6.38. The first-order chi connectivity index (χ1) is 17.3. The summed E-state index contributed by atoms with van der Waals surface area (Å²) in [5.41, 5.74) is 1.84. The largest absolute Gasteiger partial charge is 0.368 e. The van der Waals surface area contributed by atoms with Gasteiger partial charge in [0.25, 0.3) is 10.0 Å². The smallest absolute Gasteiger partial charge is 0.263 e. The van der Waals surface area contributed by atoms with Gasteiger partial charge in [-0.25, -0.2) is 18.4 Å². The molecule has 3 heterocycles. The van der Waals surface area contributed by atoms with Crippen molar-refractivity contribution in [3.63, 3.8) is 0 Å². The molecule has 1 aliphatic rings. The van der Waals surface area contributed by atoms with Crippen LogP contribution in [0.25, 0.3) is 10.9 Å². The predicted molar refractivity (Wildman–Crippen MR) is 144 cm³/mol. The Bertz CT molecular complexity index is 1490. The molecule has 2 aromatic heterocycles. The van der Waals surface area contributed by atoms with Crippen LogP contribution in [-0.2, 0) is 14.8 Å². The monoisotopic (exact) mass is 528 g/mol. The number of hydrogen-bond donors (Lipinski definition) is 1. The summed E-state index contributed by atoms with van der Waals surface area (Å²) in [7, 11) is -3.75. The minimum absolute atomic E-state index is 0. The Kier molecular flexibility index (Phi) is 6.55. The molecule has 9 nitrogen and oxygen atoms in total. The van der Waals surface area contributed by atoms with Crippen molar-refractivity contribution >= 4 is 49.9 Å². The first-order valence-corrected chi connectivity index (χ1v) is 13.4. The Labute approximate surface area is 217 Å². The molecule has 11 heteroatoms. The van der Waals surface area contributed by atoms with Gasteiger partial charge in [-0.05, 0) is 60.8 Å². The molecule has 1 fully saturated rings. The van der Waals surface area contributed by atoms with E-state index in [-0.39, 0.29) is 25.5 Å². The van der Waals surface area contributed by atoms with Crippen LogP contribution >= 0.6 is 11.6 Å². The van der Waals surface area contributed by atoms with E-state index in [1.54, 1.807) is 24.3 Å². The maximum absolute atomic E-state index is 13.2. The second-order valence-electron chi connectivity index (χ2n) is 8.61. The SMILES string of the molecule is C[C@@H](C(=O)N1CCN(c2ccc(S(=O)(=O)Nc3ccncn3)cc2)CC1)n1ccc2ccc(Cl)cc21.[HH].[HH]. The molecule has 0 spiro atoms. The Balaban J connectivity index is 0.00000200. The van der Waals surface area contributed by atoms with Gasteiger partial charge in [0.15, 0.2) is 0 Å². The second kappa shape index (κ2) is 9.79. The van der Waals surface area contributed by atoms with Crippen LogP contribution in [0, 0.1) is 0 Å². The maximum Gasteiger partial charge on any atom is 0.263 e. The molecule has 2 aromatic carbocycles. The minimum atomic E-state index is -3.75. The average Bonchev–Trinajstić information content (AvgIpc) is 3.31. The number of carbonyl (C=O) groups is 1. The number of nitrogens with zero attached hydrogens (tertiary/aromatic N) is 5. The lowest BCUT2D eigenvalue weighted by Crippen LogP contribution is -2.50. The number of piperazine rings is 1. The zero-order chi connectivity index (χ0) is 25.3. The number of benzene rings is 2. The number of hydrogen-bond acceptors (Lipinski definition) is 6. The normalized spacial score (nSPS) is 15.2. The first-order valence-electron chi connectivity index (χ1n) is 11.5. The van der Waals surface area contributed by atoms with E-state index in [2.05, 4.69) is 19.6 Å². The number of halogens is 1. The van der Waals surface area contributed by atoms with Crippen LogP contribution in [0.2, 0.25) is 5.02 Å². The molecule has 1 amide bonds. The van der Waals surface area contributed by atoms with Gasteiger partial charge in [0.2, 0.25) is 5.91 Å². The number of nitrogens with one attached hydrogen (secondary N) is 1. The summed E-state index contributed by atoms with van der Waals surface area (Å²) >= 11 is 6.17. The zero-order valence-corrected chi connectivity index (χ0v) is 21.2. The molecular formula is C25H29ClN6O3S. The van der Waals surface area contributed by atoms with Crippen LogP contribution in [0.15, 0.2) is 78.2 Å². The lowest BCUT2D eigenvalue weighted by Gasteiger charge is -2.37. The fourth-order valence-corrected chi connectivity index (χ4v) is 5.59. The average molecular weight is 529 g/mol. The van der Waals surface area contributed by atoms with Crippen LogP contribution in [0.4, 0.5) is 11.5 Å². The molecule has 1 saturated heterocycles. The fraction of sp³-hybridized carbons (Fsp3) is 0.240. The number of carbonyl (C=O) groups excluding carboxylic acids is 1. The van der Waals surface area contributed by atoms with Crippen LogP contribution in [-0.4, -0.2) is 59.9 Å². The summed E-state index contributed by atoms with van der Waals surface area (Å²) in [6, 6.07) is 15.5. The van der Waals surface area contributed by atoms with E-state index in [4.69, 9.17) is 11.6 Å². The lowest BCUT2D eigenvalue weighted by molar-refractivity contribution is -0.134. The number of anilines is 2. The van der Waals surface area contributed by atoms with E-state index in [0.29, 0.717) is 31.2 Å². The van der Waals surface area contributed by atoms with Crippen molar-refractivity contribution in [3.8, 4) is 0 Å². The minimum Gasteiger partial charge on any atom is -0.368 e. The summed E-state index contributed by atoms with van der Waals surface area (Å²) in [5.74, 6) is 0.268. The molecule has 190 valence electrons. The van der Waals surface area contributed by atoms with Gasteiger partial charge in [0, 0.05) is 52.1 Å². The molecule has 5 rings (SSSR count). The van der Waals surface area contributed by atoms with Crippen LogP contribution in [0.1, 0.15) is 15.8 Å². The first kappa shape index (κ1) is 24.1. The van der Waals surface area contributed by atoms with Crippen molar-refractivity contribution in [2.75, 3.05) is 35.8 Å². The second-order valence-corrected chi connectivity index (χ2v) is 10.7. The Morgan fingerprint density at radius 1 is 1.06 bits per heavy atom. The highest BCUT2D eigenvalue weighted by Gasteiger charge is 2.27. The topological polar surface area (TPSA) is 100 Å². The maximum atomic E-state index is 13.2. The van der Waals surface area contributed by atoms with Crippen molar-refractivity contribution in [1.82, 2.24) is 19.4 Å². The van der Waals surface area contributed by atoms with E-state index in [1.165, 1.54) is 18.6 Å². The van der Waals surface area contributed by atoms with Gasteiger partial charge < -0.3 is 14.4 Å². The van der Waals surface area contributed by atoms with E-state index in [9.17, 15) is 13.2 Å². The van der Waals surface area contributed by atoms with Crippen molar-refractivity contribution < 1.29 is 16.1 Å². The number of sulfonamides is 1. The molecule has 0 bridgehead atoms. The van der Waals surface area contributed by atoms with E-state index in [1.807, 2.05) is 46.9 Å². The molecule has 4 aromatic rings. The molecule has 1 atom stereocenters. The summed E-state index contributed by atoms with van der Waals surface area (Å²) in [6.45, 7) is 4.38. The van der Waals surface area contributed by atoms with Gasteiger partial charge in [0.1, 0.15) is 18.2 Å². The van der Waals surface area contributed by atoms with Crippen molar-refractivity contribution in [2.24, 2.45) is 0 Å². The zero-order valence-electron chi connectivity index (χ0n) is 19.6. The number of aromatic nitrogens is 3. The highest BCUT2D eigenvalue weighted by atomic mass is 35.5. The third-order valence-corrected chi connectivity index (χ3v) is 7.99. The van der Waals surface area contributed by atoms with E-state index >= 15 is 0 Å². The predicted octanol–water partition coefficient (Wildman–Crippen LogP) is 4.29. The quantitative estimate of drug-likeness (QED) is 0.401. The summed E-state index contributed by atoms with van der Waals surface area (Å²) in [6.07, 6.45) is 4.67. The molecule has 1 aliphatic heterocycles. The lowest BCUT2D eigenvalue weighted by atomic mass is 10.2. The molecule has 1 N–H and O–H groups in total. The Hall–Kier alpha value is -3.63. The summed E-state index contributed by atoms with van der Waals surface area (Å²) in [5, 5.41) is 1.68. The molecule has 0 radical (unpaired) electrons. The van der Waals surface area contributed by atoms with Crippen molar-refractivity contribution in [3.05, 3.63) is 78.3 Å². The third kappa shape index (κ3) is 4.87. The highest BCUT2D eigenvalue weighted by Crippen LogP contribution is 2.26. The van der Waals surface area contributed by atoms with Gasteiger partial charge in [-0.3, -0.25) is 9.52 Å². The van der Waals surface area contributed by atoms with Crippen molar-refractivity contribution in [1.29, 1.82) is 0 Å². The molecule has 0 aliphatic carbocycles. The van der Waals surface area contributed by atoms with Gasteiger partial charge in [-0.15, -0.1) is 0 Å². The van der Waals surface area contributed by atoms with E-state index < -0.39 is 10.0 Å². The molecule has 0 unspecified atom stereocenters. The van der Waals surface area contributed by atoms with Gasteiger partial charge in [-0.2, -0.15) is 0 Å². The summed E-state index contributed by atoms with van der Waals surface area (Å²) < 4.78 is 29.7. The standard InChI is InChI=1S/C25H25ClN6O3S.2H2/c1-18(32-11-9-19-2-3-20(26)16-23(19)32)25(33)31-14-12-30(13-15-31)21-4-6-22(7-5-21)36(34,35)29-24-8-10-27-17-28-24;;/h2-11,16-18H,12-15H2,1H3,(H,27,28,29);2*1H/t18-;;/m0../s1. The Morgan fingerprint density at radius 2 is 1.81 bits per heavy atom. The summed E-state index contributed by atoms with van der Waals surface area (Å²) in [4.78, 5) is 25.1. The fourth-order valence-electron chi connectivity index (χ4n) is 4.41. The van der Waals surface area contributed by atoms with Gasteiger partial charge in [-0.1, -0.05) is 17.7 Å². The molecule has 36 heavy (non-hydrogen) atoms. The molecule has 0 saturated carbocycles. The van der Waals surface area contributed by atoms with Crippen LogP contribution in [0.3, 0.4) is 0 Å².